The molecule has 0 unspecified atom stereocenters. The molecule has 1 fully saturated rings. The smallest absolute Gasteiger partial charge is 0.305 e. The summed E-state index contributed by atoms with van der Waals surface area (Å²) in [6.07, 6.45) is 0. The number of benzene rings is 3. The standard InChI is InChI=1S/C28H20FN3O5S2/c29-16-9-11-17(12-10-16)30-20(33)14-37-19-8-4-5-15(13-19)21-22-24(38-25-23(21)39-28(36)31-25)27(35)32(26(22)34)18-6-2-1-3-7-18/h1-13,21-22,24H,14H2,(H,30,33)(H,31,36)/t21-,22-,24+/m0/s1. The highest BCUT2D eigenvalue weighted by molar-refractivity contribution is 8.00. The molecule has 0 aliphatic carbocycles. The van der Waals surface area contributed by atoms with Gasteiger partial charge in [-0.3, -0.25) is 19.2 Å². The second kappa shape index (κ2) is 10.2. The maximum absolute atomic E-state index is 13.7. The van der Waals surface area contributed by atoms with Crippen LogP contribution in [0.1, 0.15) is 16.4 Å². The van der Waals surface area contributed by atoms with E-state index < -0.39 is 28.8 Å². The minimum Gasteiger partial charge on any atom is -0.484 e. The van der Waals surface area contributed by atoms with E-state index in [1.54, 1.807) is 42.5 Å². The van der Waals surface area contributed by atoms with Crippen LogP contribution in [0.4, 0.5) is 15.8 Å². The van der Waals surface area contributed by atoms with Crippen molar-refractivity contribution in [2.24, 2.45) is 5.92 Å². The molecule has 2 N–H and O–H groups in total. The maximum atomic E-state index is 13.7. The van der Waals surface area contributed by atoms with E-state index in [9.17, 15) is 23.6 Å². The summed E-state index contributed by atoms with van der Waals surface area (Å²) in [5.74, 6) is -2.39. The summed E-state index contributed by atoms with van der Waals surface area (Å²) in [7, 11) is 0. The maximum Gasteiger partial charge on any atom is 0.305 e. The van der Waals surface area contributed by atoms with Gasteiger partial charge in [0.1, 0.15) is 16.8 Å². The summed E-state index contributed by atoms with van der Waals surface area (Å²) in [6, 6.07) is 21.1. The topological polar surface area (TPSA) is 109 Å². The fraction of sp³-hybridized carbons (Fsp3) is 0.143. The first kappa shape index (κ1) is 25.1. The first-order valence-electron chi connectivity index (χ1n) is 12.0. The Bertz CT molecular complexity index is 1640. The van der Waals surface area contributed by atoms with Crippen molar-refractivity contribution in [3.63, 3.8) is 0 Å². The molecule has 0 saturated carbocycles. The number of aromatic nitrogens is 1. The van der Waals surface area contributed by atoms with E-state index in [-0.39, 0.29) is 23.3 Å². The van der Waals surface area contributed by atoms with Gasteiger partial charge in [-0.2, -0.15) is 0 Å². The lowest BCUT2D eigenvalue weighted by Crippen LogP contribution is -2.32. The number of H-pyrrole nitrogens is 1. The summed E-state index contributed by atoms with van der Waals surface area (Å²) in [4.78, 5) is 56.3. The largest absolute Gasteiger partial charge is 0.484 e. The number of amides is 3. The molecule has 8 nitrogen and oxygen atoms in total. The first-order chi connectivity index (χ1) is 18.9. The number of imide groups is 1. The van der Waals surface area contributed by atoms with Crippen LogP contribution in [0.5, 0.6) is 5.75 Å². The Kier molecular flexibility index (Phi) is 6.53. The van der Waals surface area contributed by atoms with Gasteiger partial charge in [0, 0.05) is 16.5 Å². The number of hydrogen-bond donors (Lipinski definition) is 2. The van der Waals surface area contributed by atoms with Crippen LogP contribution >= 0.6 is 23.1 Å². The normalized spacial score (nSPS) is 19.9. The highest BCUT2D eigenvalue weighted by Crippen LogP contribution is 2.53. The van der Waals surface area contributed by atoms with Gasteiger partial charge < -0.3 is 15.0 Å². The molecule has 0 radical (unpaired) electrons. The number of rotatable bonds is 6. The molecule has 2 aliphatic heterocycles. The summed E-state index contributed by atoms with van der Waals surface area (Å²) < 4.78 is 18.8. The van der Waals surface area contributed by atoms with E-state index in [1.807, 2.05) is 12.1 Å². The van der Waals surface area contributed by atoms with E-state index in [2.05, 4.69) is 10.3 Å². The van der Waals surface area contributed by atoms with Gasteiger partial charge in [-0.25, -0.2) is 9.29 Å². The molecule has 196 valence electrons. The Morgan fingerprint density at radius 3 is 2.51 bits per heavy atom. The van der Waals surface area contributed by atoms with Crippen LogP contribution in [0.25, 0.3) is 0 Å². The number of halogens is 1. The number of fused-ring (bicyclic) bond motifs is 2. The van der Waals surface area contributed by atoms with Crippen molar-refractivity contribution < 1.29 is 23.5 Å². The highest BCUT2D eigenvalue weighted by Gasteiger charge is 2.56. The van der Waals surface area contributed by atoms with E-state index in [0.717, 1.165) is 11.3 Å². The molecule has 4 aromatic rings. The molecule has 3 amide bonds. The molecule has 1 saturated heterocycles. The zero-order valence-electron chi connectivity index (χ0n) is 20.1. The Morgan fingerprint density at radius 2 is 1.74 bits per heavy atom. The van der Waals surface area contributed by atoms with Gasteiger partial charge in [0.05, 0.1) is 16.6 Å². The highest BCUT2D eigenvalue weighted by atomic mass is 32.2. The van der Waals surface area contributed by atoms with E-state index in [1.165, 1.54) is 40.9 Å². The number of thioether (sulfide) groups is 1. The van der Waals surface area contributed by atoms with Crippen LogP contribution < -0.4 is 19.8 Å². The zero-order valence-corrected chi connectivity index (χ0v) is 21.8. The lowest BCUT2D eigenvalue weighted by Gasteiger charge is -2.30. The number of hydrogen-bond acceptors (Lipinski definition) is 7. The average molecular weight is 562 g/mol. The molecule has 3 heterocycles. The Balaban J connectivity index is 1.28. The van der Waals surface area contributed by atoms with E-state index in [0.29, 0.717) is 32.6 Å². The Morgan fingerprint density at radius 1 is 0.974 bits per heavy atom. The van der Waals surface area contributed by atoms with Crippen LogP contribution in [0.15, 0.2) is 88.7 Å². The third-order valence-corrected chi connectivity index (χ3v) is 8.95. The monoisotopic (exact) mass is 561 g/mol. The van der Waals surface area contributed by atoms with Crippen molar-refractivity contribution in [3.8, 4) is 5.75 Å². The number of ether oxygens (including phenoxy) is 1. The van der Waals surface area contributed by atoms with Crippen LogP contribution in [0.2, 0.25) is 0 Å². The fourth-order valence-electron chi connectivity index (χ4n) is 4.88. The van der Waals surface area contributed by atoms with Crippen molar-refractivity contribution in [3.05, 3.63) is 105 Å². The van der Waals surface area contributed by atoms with Gasteiger partial charge in [0.15, 0.2) is 6.61 Å². The van der Waals surface area contributed by atoms with Gasteiger partial charge in [-0.05, 0) is 54.1 Å². The zero-order chi connectivity index (χ0) is 27.1. The third kappa shape index (κ3) is 4.75. The van der Waals surface area contributed by atoms with E-state index in [4.69, 9.17) is 4.74 Å². The number of nitrogens with zero attached hydrogens (tertiary/aromatic N) is 1. The quantitative estimate of drug-likeness (QED) is 0.338. The molecule has 1 aromatic heterocycles. The number of anilines is 2. The molecule has 3 atom stereocenters. The second-order valence-corrected chi connectivity index (χ2v) is 11.2. The number of aromatic amines is 1. The minimum absolute atomic E-state index is 0.262. The van der Waals surface area contributed by atoms with Gasteiger partial charge in [0.2, 0.25) is 11.8 Å². The molecule has 39 heavy (non-hydrogen) atoms. The molecule has 6 rings (SSSR count). The van der Waals surface area contributed by atoms with Crippen molar-refractivity contribution in [1.29, 1.82) is 0 Å². The van der Waals surface area contributed by atoms with Crippen molar-refractivity contribution in [2.75, 3.05) is 16.8 Å². The Labute approximate surface area is 229 Å². The lowest BCUT2D eigenvalue weighted by atomic mass is 9.83. The number of para-hydroxylation sites is 1. The molecule has 3 aromatic carbocycles. The molecular weight excluding hydrogens is 541 g/mol. The number of nitrogens with one attached hydrogen (secondary N) is 2. The van der Waals surface area contributed by atoms with Crippen molar-refractivity contribution >= 4 is 52.2 Å². The van der Waals surface area contributed by atoms with Crippen LogP contribution in [-0.4, -0.2) is 34.6 Å². The van der Waals surface area contributed by atoms with Crippen molar-refractivity contribution in [1.82, 2.24) is 4.98 Å². The summed E-state index contributed by atoms with van der Waals surface area (Å²) >= 11 is 2.24. The van der Waals surface area contributed by atoms with Crippen LogP contribution in [0.3, 0.4) is 0 Å². The molecule has 0 bridgehead atoms. The van der Waals surface area contributed by atoms with Gasteiger partial charge >= 0.3 is 4.87 Å². The number of thiazole rings is 1. The SMILES string of the molecule is O=C(COc1cccc([C@@H]2c3sc(=O)[nH]c3S[C@H]3C(=O)N(c4ccccc4)C(=O)[C@@H]23)c1)Nc1ccc(F)cc1. The molecule has 2 aliphatic rings. The average Bonchev–Trinajstić information content (AvgIpc) is 3.43. The summed E-state index contributed by atoms with van der Waals surface area (Å²) in [5.41, 5.74) is 1.63. The summed E-state index contributed by atoms with van der Waals surface area (Å²) in [5, 5.41) is 2.51. The second-order valence-electron chi connectivity index (χ2n) is 9.01. The van der Waals surface area contributed by atoms with Crippen LogP contribution in [0, 0.1) is 11.7 Å². The van der Waals surface area contributed by atoms with E-state index >= 15 is 0 Å². The predicted octanol–water partition coefficient (Wildman–Crippen LogP) is 4.39. The Hall–Kier alpha value is -4.22. The molecule has 11 heteroatoms. The van der Waals surface area contributed by atoms with Gasteiger partial charge in [0.25, 0.3) is 5.91 Å². The van der Waals surface area contributed by atoms with Gasteiger partial charge in [-0.1, -0.05) is 53.4 Å². The van der Waals surface area contributed by atoms with Gasteiger partial charge in [-0.15, -0.1) is 0 Å². The van der Waals surface area contributed by atoms with Crippen LogP contribution in [-0.2, 0) is 14.4 Å². The minimum atomic E-state index is -0.723. The predicted molar refractivity (Wildman–Crippen MR) is 146 cm³/mol. The lowest BCUT2D eigenvalue weighted by molar-refractivity contribution is -0.122. The molecular formula is C28H20FN3O5S2. The number of carbonyl (C=O) groups excluding carboxylic acids is 3. The number of carbonyl (C=O) groups is 3. The van der Waals surface area contributed by atoms with Crippen molar-refractivity contribution in [2.45, 2.75) is 16.2 Å². The molecule has 0 spiro atoms. The third-order valence-electron chi connectivity index (χ3n) is 6.55. The fourth-order valence-corrected chi connectivity index (χ4v) is 7.40. The summed E-state index contributed by atoms with van der Waals surface area (Å²) in [6.45, 7) is -0.296. The first-order valence-corrected chi connectivity index (χ1v) is 13.7.